The Hall–Kier alpha value is -2.11. The van der Waals surface area contributed by atoms with Crippen LogP contribution in [0.5, 0.6) is 5.75 Å². The molecule has 0 aliphatic carbocycles. The number of nitro groups is 1. The van der Waals surface area contributed by atoms with Crippen LogP contribution in [0.3, 0.4) is 0 Å². The van der Waals surface area contributed by atoms with Gasteiger partial charge >= 0.3 is 5.97 Å². The highest BCUT2D eigenvalue weighted by molar-refractivity contribution is 5.66. The maximum absolute atomic E-state index is 11.1. The van der Waals surface area contributed by atoms with Crippen LogP contribution in [0.25, 0.3) is 0 Å². The number of esters is 1. The molecule has 1 aliphatic rings. The highest BCUT2D eigenvalue weighted by Gasteiger charge is 2.25. The fraction of sp³-hybridized carbons (Fsp3) is 0.462. The number of hydrogen-bond donors (Lipinski definition) is 0. The molecule has 0 amide bonds. The van der Waals surface area contributed by atoms with Gasteiger partial charge in [0.1, 0.15) is 5.75 Å². The summed E-state index contributed by atoms with van der Waals surface area (Å²) >= 11 is 0. The van der Waals surface area contributed by atoms with Gasteiger partial charge in [-0.1, -0.05) is 6.92 Å². The lowest BCUT2D eigenvalue weighted by atomic mass is 9.97. The lowest BCUT2D eigenvalue weighted by molar-refractivity contribution is -0.385. The number of ether oxygens (including phenoxy) is 2. The van der Waals surface area contributed by atoms with Crippen molar-refractivity contribution in [2.75, 3.05) is 13.2 Å². The summed E-state index contributed by atoms with van der Waals surface area (Å²) in [5.41, 5.74) is 1.45. The first-order valence-electron chi connectivity index (χ1n) is 6.06. The largest absolute Gasteiger partial charge is 0.493 e. The first kappa shape index (κ1) is 13.3. The van der Waals surface area contributed by atoms with E-state index in [1.165, 1.54) is 6.92 Å². The third-order valence-electron chi connectivity index (χ3n) is 3.10. The van der Waals surface area contributed by atoms with Gasteiger partial charge in [0, 0.05) is 36.5 Å². The minimum atomic E-state index is -0.405. The SMILES string of the molecule is CC(=O)OCC(C)c1cc2c(cc1[N+](=O)[O-])CCO2. The van der Waals surface area contributed by atoms with Crippen molar-refractivity contribution < 1.29 is 19.2 Å². The van der Waals surface area contributed by atoms with E-state index in [-0.39, 0.29) is 18.2 Å². The third-order valence-corrected chi connectivity index (χ3v) is 3.10. The fourth-order valence-corrected chi connectivity index (χ4v) is 2.11. The second-order valence-corrected chi connectivity index (χ2v) is 4.58. The van der Waals surface area contributed by atoms with Crippen LogP contribution in [0, 0.1) is 10.1 Å². The van der Waals surface area contributed by atoms with Gasteiger partial charge in [0.2, 0.25) is 0 Å². The lowest BCUT2D eigenvalue weighted by Gasteiger charge is -2.13. The quantitative estimate of drug-likeness (QED) is 0.473. The van der Waals surface area contributed by atoms with Crippen LogP contribution in [-0.2, 0) is 16.0 Å². The number of nitrogens with zero attached hydrogens (tertiary/aromatic N) is 1. The summed E-state index contributed by atoms with van der Waals surface area (Å²) in [7, 11) is 0. The van der Waals surface area contributed by atoms with Gasteiger partial charge < -0.3 is 9.47 Å². The molecular weight excluding hydrogens is 250 g/mol. The summed E-state index contributed by atoms with van der Waals surface area (Å²) in [6.07, 6.45) is 0.689. The maximum Gasteiger partial charge on any atom is 0.302 e. The number of benzene rings is 1. The van der Waals surface area contributed by atoms with Gasteiger partial charge in [-0.3, -0.25) is 14.9 Å². The van der Waals surface area contributed by atoms with Gasteiger partial charge in [-0.15, -0.1) is 0 Å². The number of nitro benzene ring substituents is 1. The van der Waals surface area contributed by atoms with Crippen molar-refractivity contribution in [3.63, 3.8) is 0 Å². The van der Waals surface area contributed by atoms with Crippen LogP contribution >= 0.6 is 0 Å². The first-order valence-corrected chi connectivity index (χ1v) is 6.06. The van der Waals surface area contributed by atoms with Gasteiger partial charge in [-0.2, -0.15) is 0 Å². The van der Waals surface area contributed by atoms with Crippen molar-refractivity contribution in [1.29, 1.82) is 0 Å². The van der Waals surface area contributed by atoms with Gasteiger partial charge in [-0.25, -0.2) is 0 Å². The van der Waals surface area contributed by atoms with Crippen molar-refractivity contribution >= 4 is 11.7 Å². The van der Waals surface area contributed by atoms with E-state index >= 15 is 0 Å². The first-order chi connectivity index (χ1) is 8.99. The molecule has 0 radical (unpaired) electrons. The smallest absolute Gasteiger partial charge is 0.302 e. The molecule has 0 spiro atoms. The Morgan fingerprint density at radius 1 is 1.58 bits per heavy atom. The van der Waals surface area contributed by atoms with Gasteiger partial charge in [0.15, 0.2) is 0 Å². The van der Waals surface area contributed by atoms with Crippen LogP contribution in [0.1, 0.15) is 30.9 Å². The molecule has 1 unspecified atom stereocenters. The molecule has 6 nitrogen and oxygen atoms in total. The Balaban J connectivity index is 2.32. The van der Waals surface area contributed by atoms with E-state index < -0.39 is 10.9 Å². The van der Waals surface area contributed by atoms with Crippen LogP contribution in [0.2, 0.25) is 0 Å². The molecule has 1 aromatic rings. The maximum atomic E-state index is 11.1. The van der Waals surface area contributed by atoms with E-state index in [4.69, 9.17) is 9.47 Å². The molecule has 0 saturated heterocycles. The molecule has 0 fully saturated rings. The van der Waals surface area contributed by atoms with Gasteiger partial charge in [0.05, 0.1) is 18.1 Å². The highest BCUT2D eigenvalue weighted by atomic mass is 16.6. The van der Waals surface area contributed by atoms with E-state index in [1.54, 1.807) is 19.1 Å². The topological polar surface area (TPSA) is 78.7 Å². The minimum absolute atomic E-state index is 0.0592. The summed E-state index contributed by atoms with van der Waals surface area (Å²) in [5, 5.41) is 11.1. The van der Waals surface area contributed by atoms with E-state index in [0.717, 1.165) is 5.56 Å². The number of hydrogen-bond acceptors (Lipinski definition) is 5. The highest BCUT2D eigenvalue weighted by Crippen LogP contribution is 2.36. The summed E-state index contributed by atoms with van der Waals surface area (Å²) in [6, 6.07) is 3.25. The molecular formula is C13H15NO5. The molecule has 2 rings (SSSR count). The number of carbonyl (C=O) groups excluding carboxylic acids is 1. The van der Waals surface area contributed by atoms with Crippen LogP contribution in [-0.4, -0.2) is 24.1 Å². The molecule has 6 heteroatoms. The second-order valence-electron chi connectivity index (χ2n) is 4.58. The normalized spacial score (nSPS) is 14.4. The molecule has 1 atom stereocenters. The molecule has 0 aromatic heterocycles. The fourth-order valence-electron chi connectivity index (χ4n) is 2.11. The molecule has 1 aliphatic heterocycles. The zero-order valence-corrected chi connectivity index (χ0v) is 10.8. The number of carbonyl (C=O) groups is 1. The van der Waals surface area contributed by atoms with Gasteiger partial charge in [-0.05, 0) is 6.07 Å². The molecule has 19 heavy (non-hydrogen) atoms. The Kier molecular flexibility index (Phi) is 3.69. The molecule has 0 bridgehead atoms. The van der Waals surface area contributed by atoms with Crippen molar-refractivity contribution in [1.82, 2.24) is 0 Å². The average Bonchev–Trinajstić information content (AvgIpc) is 2.81. The van der Waals surface area contributed by atoms with E-state index in [2.05, 4.69) is 0 Å². The lowest BCUT2D eigenvalue weighted by Crippen LogP contribution is -2.10. The van der Waals surface area contributed by atoms with Crippen LogP contribution in [0.15, 0.2) is 12.1 Å². The monoisotopic (exact) mass is 265 g/mol. The van der Waals surface area contributed by atoms with Crippen LogP contribution in [0.4, 0.5) is 5.69 Å². The average molecular weight is 265 g/mol. The van der Waals surface area contributed by atoms with E-state index in [9.17, 15) is 14.9 Å². The van der Waals surface area contributed by atoms with E-state index in [1.807, 2.05) is 0 Å². The molecule has 1 aromatic carbocycles. The molecule has 1 heterocycles. The second kappa shape index (κ2) is 5.26. The Bertz CT molecular complexity index is 526. The predicted molar refractivity (Wildman–Crippen MR) is 67.3 cm³/mol. The van der Waals surface area contributed by atoms with E-state index in [0.29, 0.717) is 24.3 Å². The zero-order chi connectivity index (χ0) is 14.0. The summed E-state index contributed by atoms with van der Waals surface area (Å²) in [6.45, 7) is 3.77. The molecule has 102 valence electrons. The van der Waals surface area contributed by atoms with Crippen molar-refractivity contribution in [3.8, 4) is 5.75 Å². The Morgan fingerprint density at radius 3 is 2.95 bits per heavy atom. The van der Waals surface area contributed by atoms with Crippen molar-refractivity contribution in [2.24, 2.45) is 0 Å². The number of fused-ring (bicyclic) bond motifs is 1. The summed E-state index contributed by atoms with van der Waals surface area (Å²) in [4.78, 5) is 21.5. The molecule has 0 saturated carbocycles. The summed E-state index contributed by atoms with van der Waals surface area (Å²) < 4.78 is 10.3. The van der Waals surface area contributed by atoms with Crippen LogP contribution < -0.4 is 4.74 Å². The molecule has 0 N–H and O–H groups in total. The Labute approximate surface area is 110 Å². The summed E-state index contributed by atoms with van der Waals surface area (Å²) in [5.74, 6) is 0.0426. The Morgan fingerprint density at radius 2 is 2.32 bits per heavy atom. The standard InChI is InChI=1S/C13H15NO5/c1-8(7-19-9(2)15)11-6-13-10(3-4-18-13)5-12(11)14(16)17/h5-6,8H,3-4,7H2,1-2H3. The predicted octanol–water partition coefficient (Wildman–Crippen LogP) is 2.20. The van der Waals surface area contributed by atoms with Crippen molar-refractivity contribution in [2.45, 2.75) is 26.2 Å². The number of rotatable bonds is 4. The van der Waals surface area contributed by atoms with Gasteiger partial charge in [0.25, 0.3) is 5.69 Å². The third kappa shape index (κ3) is 2.83. The zero-order valence-electron chi connectivity index (χ0n) is 10.8. The van der Waals surface area contributed by atoms with Crippen molar-refractivity contribution in [3.05, 3.63) is 33.4 Å². The minimum Gasteiger partial charge on any atom is -0.493 e.